The highest BCUT2D eigenvalue weighted by Crippen LogP contribution is 2.31. The molecule has 1 saturated heterocycles. The molecule has 0 amide bonds. The molecule has 1 aliphatic rings. The third kappa shape index (κ3) is 2.00. The van der Waals surface area contributed by atoms with E-state index in [1.807, 2.05) is 31.2 Å². The Balaban J connectivity index is 2.24. The number of carbonyl (C=O) groups is 1. The van der Waals surface area contributed by atoms with E-state index < -0.39 is 5.41 Å². The average Bonchev–Trinajstić information content (AvgIpc) is 2.29. The maximum absolute atomic E-state index is 12.0. The Morgan fingerprint density at radius 3 is 2.41 bits per heavy atom. The van der Waals surface area contributed by atoms with Crippen LogP contribution < -0.4 is 10.1 Å². The second-order valence-electron chi connectivity index (χ2n) is 4.13. The molecule has 0 aliphatic carbocycles. The molecule has 1 aromatic carbocycles. The minimum Gasteiger partial charge on any atom is -0.497 e. The number of benzene rings is 1. The van der Waals surface area contributed by atoms with Crippen LogP contribution in [-0.2, 0) is 14.9 Å². The van der Waals surface area contributed by atoms with Gasteiger partial charge in [-0.3, -0.25) is 4.79 Å². The first-order chi connectivity index (χ1) is 8.23. The van der Waals surface area contributed by atoms with Crippen LogP contribution in [0.4, 0.5) is 0 Å². The van der Waals surface area contributed by atoms with Crippen molar-refractivity contribution in [2.24, 2.45) is 0 Å². The molecule has 1 fully saturated rings. The van der Waals surface area contributed by atoms with Crippen LogP contribution in [0.25, 0.3) is 0 Å². The van der Waals surface area contributed by atoms with Gasteiger partial charge in [0.25, 0.3) is 0 Å². The molecular formula is C13H17NO3. The summed E-state index contributed by atoms with van der Waals surface area (Å²) in [5.74, 6) is 0.643. The molecule has 2 rings (SSSR count). The largest absolute Gasteiger partial charge is 0.497 e. The van der Waals surface area contributed by atoms with Crippen LogP contribution in [0.15, 0.2) is 24.3 Å². The highest BCUT2D eigenvalue weighted by atomic mass is 16.5. The number of nitrogens with one attached hydrogen (secondary N) is 1. The minimum atomic E-state index is -0.512. The molecule has 0 atom stereocenters. The smallest absolute Gasteiger partial charge is 0.319 e. The van der Waals surface area contributed by atoms with Gasteiger partial charge in [-0.05, 0) is 24.6 Å². The molecule has 1 aromatic rings. The van der Waals surface area contributed by atoms with Gasteiger partial charge >= 0.3 is 5.97 Å². The number of ether oxygens (including phenoxy) is 2. The topological polar surface area (TPSA) is 47.6 Å². The van der Waals surface area contributed by atoms with Crippen molar-refractivity contribution in [2.75, 3.05) is 26.8 Å². The molecule has 0 radical (unpaired) electrons. The third-order valence-electron chi connectivity index (χ3n) is 3.16. The predicted octanol–water partition coefficient (Wildman–Crippen LogP) is 1.10. The first-order valence-corrected chi connectivity index (χ1v) is 5.75. The Bertz CT molecular complexity index is 396. The minimum absolute atomic E-state index is 0.149. The van der Waals surface area contributed by atoms with Gasteiger partial charge in [-0.25, -0.2) is 0 Å². The van der Waals surface area contributed by atoms with Crippen LogP contribution in [0.2, 0.25) is 0 Å². The molecule has 1 aliphatic heterocycles. The average molecular weight is 235 g/mol. The van der Waals surface area contributed by atoms with E-state index in [1.165, 1.54) is 0 Å². The lowest BCUT2D eigenvalue weighted by molar-refractivity contribution is -0.152. The molecule has 0 spiro atoms. The van der Waals surface area contributed by atoms with Gasteiger partial charge in [-0.2, -0.15) is 0 Å². The molecule has 4 heteroatoms. The number of rotatable bonds is 4. The summed E-state index contributed by atoms with van der Waals surface area (Å²) in [5.41, 5.74) is 0.470. The third-order valence-corrected chi connectivity index (χ3v) is 3.16. The Morgan fingerprint density at radius 1 is 1.35 bits per heavy atom. The van der Waals surface area contributed by atoms with Crippen LogP contribution in [0.5, 0.6) is 5.75 Å². The van der Waals surface area contributed by atoms with Crippen molar-refractivity contribution in [2.45, 2.75) is 12.3 Å². The molecule has 0 unspecified atom stereocenters. The number of esters is 1. The van der Waals surface area contributed by atoms with Gasteiger partial charge in [0, 0.05) is 13.1 Å². The van der Waals surface area contributed by atoms with Crippen molar-refractivity contribution in [1.82, 2.24) is 5.32 Å². The van der Waals surface area contributed by atoms with E-state index in [0.717, 1.165) is 11.3 Å². The van der Waals surface area contributed by atoms with E-state index in [-0.39, 0.29) is 5.97 Å². The van der Waals surface area contributed by atoms with Gasteiger partial charge in [0.2, 0.25) is 0 Å². The van der Waals surface area contributed by atoms with Gasteiger partial charge in [-0.15, -0.1) is 0 Å². The van der Waals surface area contributed by atoms with E-state index in [1.54, 1.807) is 7.11 Å². The number of hydrogen-bond donors (Lipinski definition) is 1. The lowest BCUT2D eigenvalue weighted by Gasteiger charge is -2.40. The van der Waals surface area contributed by atoms with Crippen molar-refractivity contribution in [3.05, 3.63) is 29.8 Å². The lowest BCUT2D eigenvalue weighted by Crippen LogP contribution is -2.62. The summed E-state index contributed by atoms with van der Waals surface area (Å²) in [6.07, 6.45) is 0. The number of methoxy groups -OCH3 is 1. The fourth-order valence-electron chi connectivity index (χ4n) is 2.02. The SMILES string of the molecule is CCOC(=O)C1(c2ccc(OC)cc2)CNC1. The van der Waals surface area contributed by atoms with E-state index in [0.29, 0.717) is 19.7 Å². The summed E-state index contributed by atoms with van der Waals surface area (Å²) < 4.78 is 10.3. The molecule has 1 heterocycles. The number of hydrogen-bond acceptors (Lipinski definition) is 4. The quantitative estimate of drug-likeness (QED) is 0.794. The van der Waals surface area contributed by atoms with Crippen LogP contribution in [0.3, 0.4) is 0 Å². The Hall–Kier alpha value is -1.55. The molecule has 4 nitrogen and oxygen atoms in total. The maximum Gasteiger partial charge on any atom is 0.319 e. The van der Waals surface area contributed by atoms with Crippen LogP contribution in [0, 0.1) is 0 Å². The lowest BCUT2D eigenvalue weighted by atomic mass is 9.75. The van der Waals surface area contributed by atoms with Crippen molar-refractivity contribution in [1.29, 1.82) is 0 Å². The second kappa shape index (κ2) is 4.75. The predicted molar refractivity (Wildman–Crippen MR) is 64.2 cm³/mol. The van der Waals surface area contributed by atoms with Gasteiger partial charge in [0.15, 0.2) is 0 Å². The van der Waals surface area contributed by atoms with Gasteiger partial charge in [0.1, 0.15) is 11.2 Å². The molecule has 1 N–H and O–H groups in total. The summed E-state index contributed by atoms with van der Waals surface area (Å²) >= 11 is 0. The van der Waals surface area contributed by atoms with E-state index in [9.17, 15) is 4.79 Å². The molecule has 92 valence electrons. The molecule has 0 bridgehead atoms. The summed E-state index contributed by atoms with van der Waals surface area (Å²) in [7, 11) is 1.63. The summed E-state index contributed by atoms with van der Waals surface area (Å²) in [4.78, 5) is 12.0. The highest BCUT2D eigenvalue weighted by molar-refractivity contribution is 5.85. The normalized spacial score (nSPS) is 17.1. The van der Waals surface area contributed by atoms with Crippen molar-refractivity contribution >= 4 is 5.97 Å². The van der Waals surface area contributed by atoms with Crippen molar-refractivity contribution in [3.8, 4) is 5.75 Å². The van der Waals surface area contributed by atoms with Crippen LogP contribution >= 0.6 is 0 Å². The summed E-state index contributed by atoms with van der Waals surface area (Å²) in [6.45, 7) is 3.51. The molecule has 0 saturated carbocycles. The first kappa shape index (κ1) is 11.9. The zero-order valence-electron chi connectivity index (χ0n) is 10.2. The summed E-state index contributed by atoms with van der Waals surface area (Å²) in [5, 5.41) is 3.14. The number of carbonyl (C=O) groups excluding carboxylic acids is 1. The highest BCUT2D eigenvalue weighted by Gasteiger charge is 2.47. The Morgan fingerprint density at radius 2 is 2.00 bits per heavy atom. The van der Waals surface area contributed by atoms with Crippen LogP contribution in [0.1, 0.15) is 12.5 Å². The molecule has 0 aromatic heterocycles. The van der Waals surface area contributed by atoms with E-state index >= 15 is 0 Å². The first-order valence-electron chi connectivity index (χ1n) is 5.75. The van der Waals surface area contributed by atoms with Gasteiger partial charge < -0.3 is 14.8 Å². The van der Waals surface area contributed by atoms with E-state index in [4.69, 9.17) is 9.47 Å². The fourth-order valence-corrected chi connectivity index (χ4v) is 2.02. The molecular weight excluding hydrogens is 218 g/mol. The fraction of sp³-hybridized carbons (Fsp3) is 0.462. The zero-order chi connectivity index (χ0) is 12.3. The van der Waals surface area contributed by atoms with Gasteiger partial charge in [0.05, 0.1) is 13.7 Å². The second-order valence-corrected chi connectivity index (χ2v) is 4.13. The standard InChI is InChI=1S/C13H17NO3/c1-3-17-12(15)13(8-14-9-13)10-4-6-11(16-2)7-5-10/h4-7,14H,3,8-9H2,1-2H3. The summed E-state index contributed by atoms with van der Waals surface area (Å²) in [6, 6.07) is 7.59. The Kier molecular flexibility index (Phi) is 3.33. The molecule has 17 heavy (non-hydrogen) atoms. The van der Waals surface area contributed by atoms with Gasteiger partial charge in [-0.1, -0.05) is 12.1 Å². The van der Waals surface area contributed by atoms with Crippen LogP contribution in [-0.4, -0.2) is 32.8 Å². The maximum atomic E-state index is 12.0. The zero-order valence-corrected chi connectivity index (χ0v) is 10.2. The Labute approximate surface area is 101 Å². The van der Waals surface area contributed by atoms with Crippen molar-refractivity contribution < 1.29 is 14.3 Å². The van der Waals surface area contributed by atoms with Crippen molar-refractivity contribution in [3.63, 3.8) is 0 Å². The van der Waals surface area contributed by atoms with E-state index in [2.05, 4.69) is 5.32 Å². The monoisotopic (exact) mass is 235 g/mol.